The molecule has 0 aliphatic heterocycles. The third-order valence-electron chi connectivity index (χ3n) is 1.34. The van der Waals surface area contributed by atoms with Crippen LogP contribution >= 0.6 is 0 Å². The molecule has 0 unspecified atom stereocenters. The number of carboxylic acids is 1. The van der Waals surface area contributed by atoms with Crippen LogP contribution in [0.25, 0.3) is 0 Å². The molecule has 0 aliphatic carbocycles. The van der Waals surface area contributed by atoms with Crippen LogP contribution in [0.1, 0.15) is 10.4 Å². The largest absolute Gasteiger partial charge is 0.496 e. The smallest absolute Gasteiger partial charge is 0.339 e. The summed E-state index contributed by atoms with van der Waals surface area (Å²) in [6, 6.07) is 6.50. The Morgan fingerprint density at radius 3 is 2.42 bits per heavy atom. The molecule has 4 heteroatoms. The molecule has 0 saturated heterocycles. The maximum Gasteiger partial charge on any atom is 0.339 e. The second-order valence-electron chi connectivity index (χ2n) is 2.01. The van der Waals surface area contributed by atoms with Gasteiger partial charge in [-0.25, -0.2) is 4.79 Å². The summed E-state index contributed by atoms with van der Waals surface area (Å²) in [7, 11) is 1.45. The molecule has 1 N–H and O–H groups in total. The monoisotopic (exact) mass is 175 g/mol. The van der Waals surface area contributed by atoms with E-state index in [1.54, 1.807) is 18.2 Å². The van der Waals surface area contributed by atoms with Gasteiger partial charge in [-0.05, 0) is 12.1 Å². The van der Waals surface area contributed by atoms with E-state index in [9.17, 15) is 4.79 Å². The third kappa shape index (κ3) is 2.52. The number of carboxylic acid groups (broad SMARTS) is 1. The van der Waals surface area contributed by atoms with E-state index in [2.05, 4.69) is 0 Å². The van der Waals surface area contributed by atoms with Gasteiger partial charge < -0.3 is 9.84 Å². The predicted octanol–water partition coefficient (Wildman–Crippen LogP) is 1.01. The minimum absolute atomic E-state index is 0. The van der Waals surface area contributed by atoms with Gasteiger partial charge in [-0.2, -0.15) is 0 Å². The first kappa shape index (κ1) is 11.5. The molecule has 0 bridgehead atoms. The van der Waals surface area contributed by atoms with E-state index in [0.29, 0.717) is 5.75 Å². The molecule has 0 heterocycles. The fraction of sp³-hybridized carbons (Fsp3) is 0.125. The first-order chi connectivity index (χ1) is 5.25. The summed E-state index contributed by atoms with van der Waals surface area (Å²) < 4.78 is 4.83. The van der Waals surface area contributed by atoms with E-state index in [0.717, 1.165) is 0 Å². The summed E-state index contributed by atoms with van der Waals surface area (Å²) in [5.41, 5.74) is 0.190. The Kier molecular flexibility index (Phi) is 4.97. The van der Waals surface area contributed by atoms with Crippen LogP contribution < -0.4 is 4.74 Å². The zero-order valence-corrected chi connectivity index (χ0v) is 9.07. The van der Waals surface area contributed by atoms with Crippen molar-refractivity contribution in [2.45, 2.75) is 0 Å². The average molecular weight is 175 g/mol. The Morgan fingerprint density at radius 1 is 1.42 bits per heavy atom. The van der Waals surface area contributed by atoms with Gasteiger partial charge in [-0.15, -0.1) is 0 Å². The van der Waals surface area contributed by atoms with Crippen LogP contribution in [0, 0.1) is 0 Å². The van der Waals surface area contributed by atoms with E-state index in [-0.39, 0.29) is 35.1 Å². The van der Waals surface area contributed by atoms with Crippen LogP contribution in [0.15, 0.2) is 24.3 Å². The van der Waals surface area contributed by atoms with Gasteiger partial charge >= 0.3 is 5.97 Å². The van der Waals surface area contributed by atoms with Crippen molar-refractivity contribution in [1.82, 2.24) is 0 Å². The first-order valence-electron chi connectivity index (χ1n) is 3.12. The molecule has 59 valence electrons. The molecule has 3 nitrogen and oxygen atoms in total. The fourth-order valence-electron chi connectivity index (χ4n) is 0.821. The standard InChI is InChI=1S/C8H8O3.Na/c1-11-7-5-3-2-4-6(7)8(9)10;/h2-5H,1H3,(H,9,10);. The minimum Gasteiger partial charge on any atom is -0.496 e. The molecule has 0 aliphatic rings. The molecule has 1 aromatic rings. The molecule has 0 fully saturated rings. The first-order valence-corrected chi connectivity index (χ1v) is 3.12. The summed E-state index contributed by atoms with van der Waals surface area (Å²) in [5, 5.41) is 8.62. The van der Waals surface area contributed by atoms with Gasteiger partial charge in [0.15, 0.2) is 0 Å². The molecule has 1 aromatic carbocycles. The summed E-state index contributed by atoms with van der Waals surface area (Å²) in [6.45, 7) is 0. The van der Waals surface area contributed by atoms with Crippen molar-refractivity contribution in [2.75, 3.05) is 7.11 Å². The van der Waals surface area contributed by atoms with Gasteiger partial charge in [0.05, 0.1) is 7.11 Å². The van der Waals surface area contributed by atoms with Crippen molar-refractivity contribution in [3.63, 3.8) is 0 Å². The van der Waals surface area contributed by atoms with E-state index in [1.165, 1.54) is 13.2 Å². The molecule has 1 rings (SSSR count). The molecule has 12 heavy (non-hydrogen) atoms. The maximum absolute atomic E-state index is 10.5. The SMILES string of the molecule is COc1ccccc1C(=O)O.[Na]. The van der Waals surface area contributed by atoms with Crippen LogP contribution in [0.2, 0.25) is 0 Å². The van der Waals surface area contributed by atoms with Crippen molar-refractivity contribution in [3.05, 3.63) is 29.8 Å². The Morgan fingerprint density at radius 2 is 2.00 bits per heavy atom. The van der Waals surface area contributed by atoms with Crippen LogP contribution in [-0.4, -0.2) is 47.7 Å². The van der Waals surface area contributed by atoms with Gasteiger partial charge in [0.25, 0.3) is 0 Å². The number of methoxy groups -OCH3 is 1. The zero-order chi connectivity index (χ0) is 8.27. The van der Waals surface area contributed by atoms with Crippen molar-refractivity contribution in [1.29, 1.82) is 0 Å². The number of benzene rings is 1. The topological polar surface area (TPSA) is 46.5 Å². The molecule has 1 radical (unpaired) electrons. The molecule has 0 spiro atoms. The second kappa shape index (κ2) is 5.19. The van der Waals surface area contributed by atoms with Gasteiger partial charge in [0.2, 0.25) is 0 Å². The summed E-state index contributed by atoms with van der Waals surface area (Å²) in [4.78, 5) is 10.5. The van der Waals surface area contributed by atoms with Crippen molar-refractivity contribution < 1.29 is 14.6 Å². The molecular weight excluding hydrogens is 167 g/mol. The Hall–Kier alpha value is -0.510. The quantitative estimate of drug-likeness (QED) is 0.682. The second-order valence-corrected chi connectivity index (χ2v) is 2.01. The number of rotatable bonds is 2. The maximum atomic E-state index is 10.5. The zero-order valence-electron chi connectivity index (χ0n) is 7.07. The Bertz CT molecular complexity index is 273. The number of carbonyl (C=O) groups is 1. The van der Waals surface area contributed by atoms with Crippen LogP contribution in [0.5, 0.6) is 5.75 Å². The number of hydrogen-bond donors (Lipinski definition) is 1. The molecule has 0 atom stereocenters. The normalized spacial score (nSPS) is 8.42. The predicted molar refractivity (Wildman–Crippen MR) is 45.7 cm³/mol. The van der Waals surface area contributed by atoms with Crippen LogP contribution in [0.3, 0.4) is 0 Å². The Labute approximate surface area is 92.6 Å². The van der Waals surface area contributed by atoms with E-state index in [1.807, 2.05) is 0 Å². The summed E-state index contributed by atoms with van der Waals surface area (Å²) in [5.74, 6) is -0.581. The Balaban J connectivity index is 0.00000121. The van der Waals surface area contributed by atoms with Crippen LogP contribution in [0.4, 0.5) is 0 Å². The third-order valence-corrected chi connectivity index (χ3v) is 1.34. The number of hydrogen-bond acceptors (Lipinski definition) is 2. The van der Waals surface area contributed by atoms with Gasteiger partial charge in [0, 0.05) is 29.6 Å². The number of para-hydroxylation sites is 1. The summed E-state index contributed by atoms with van der Waals surface area (Å²) >= 11 is 0. The average Bonchev–Trinajstić information content (AvgIpc) is 2.04. The number of ether oxygens (including phenoxy) is 1. The van der Waals surface area contributed by atoms with E-state index in [4.69, 9.17) is 9.84 Å². The number of aromatic carboxylic acids is 1. The van der Waals surface area contributed by atoms with Crippen molar-refractivity contribution in [2.24, 2.45) is 0 Å². The minimum atomic E-state index is -0.970. The fourth-order valence-corrected chi connectivity index (χ4v) is 0.821. The van der Waals surface area contributed by atoms with Gasteiger partial charge in [0.1, 0.15) is 11.3 Å². The van der Waals surface area contributed by atoms with Crippen LogP contribution in [-0.2, 0) is 0 Å². The molecule has 0 amide bonds. The van der Waals surface area contributed by atoms with Gasteiger partial charge in [-0.1, -0.05) is 12.1 Å². The van der Waals surface area contributed by atoms with Crippen molar-refractivity contribution in [3.8, 4) is 5.75 Å². The molecule has 0 aromatic heterocycles. The van der Waals surface area contributed by atoms with Crippen molar-refractivity contribution >= 4 is 35.5 Å². The molecule has 0 saturated carbocycles. The van der Waals surface area contributed by atoms with E-state index < -0.39 is 5.97 Å². The van der Waals surface area contributed by atoms with Gasteiger partial charge in [-0.3, -0.25) is 0 Å². The molecular formula is C8H8NaO3. The van der Waals surface area contributed by atoms with E-state index >= 15 is 0 Å². The summed E-state index contributed by atoms with van der Waals surface area (Å²) in [6.07, 6.45) is 0.